The first kappa shape index (κ1) is 17.8. The number of hydrogen-bond acceptors (Lipinski definition) is 5. The first-order valence-corrected chi connectivity index (χ1v) is 8.59. The van der Waals surface area contributed by atoms with E-state index >= 15 is 0 Å². The van der Waals surface area contributed by atoms with Crippen molar-refractivity contribution in [1.29, 1.82) is 0 Å². The lowest BCUT2D eigenvalue weighted by Gasteiger charge is -2.22. The zero-order valence-corrected chi connectivity index (χ0v) is 14.9. The van der Waals surface area contributed by atoms with Crippen molar-refractivity contribution < 1.29 is 14.3 Å². The smallest absolute Gasteiger partial charge is 0.255 e. The van der Waals surface area contributed by atoms with Gasteiger partial charge in [0.25, 0.3) is 5.91 Å². The number of carbonyl (C=O) groups excluding carboxylic acids is 2. The Morgan fingerprint density at radius 1 is 1.31 bits per heavy atom. The van der Waals surface area contributed by atoms with E-state index in [0.29, 0.717) is 17.0 Å². The van der Waals surface area contributed by atoms with Gasteiger partial charge < -0.3 is 15.0 Å². The molecule has 1 aliphatic rings. The average molecular weight is 354 g/mol. The number of benzene rings is 1. The minimum Gasteiger partial charge on any atom is -0.496 e. The van der Waals surface area contributed by atoms with Gasteiger partial charge in [-0.3, -0.25) is 19.6 Å². The third-order valence-electron chi connectivity index (χ3n) is 4.48. The summed E-state index contributed by atoms with van der Waals surface area (Å²) < 4.78 is 5.21. The molecule has 7 heteroatoms. The Hall–Kier alpha value is -2.96. The van der Waals surface area contributed by atoms with E-state index in [1.807, 2.05) is 11.0 Å². The molecule has 3 rings (SSSR count). The molecule has 1 N–H and O–H groups in total. The summed E-state index contributed by atoms with van der Waals surface area (Å²) in [5, 5.41) is 2.84. The van der Waals surface area contributed by atoms with E-state index in [4.69, 9.17) is 4.74 Å². The second-order valence-electron chi connectivity index (χ2n) is 6.19. The molecule has 1 fully saturated rings. The summed E-state index contributed by atoms with van der Waals surface area (Å²) in [5.74, 6) is 0.331. The van der Waals surface area contributed by atoms with Crippen molar-refractivity contribution in [3.8, 4) is 5.75 Å². The molecule has 0 bridgehead atoms. The molecule has 1 aliphatic heterocycles. The SMILES string of the molecule is COc1ccccc1C(=O)NCc1cncc(C2CCCN2C(C)=O)n1. The highest BCUT2D eigenvalue weighted by molar-refractivity contribution is 5.96. The van der Waals surface area contributed by atoms with Crippen molar-refractivity contribution >= 4 is 11.8 Å². The number of para-hydroxylation sites is 1. The molecule has 0 saturated carbocycles. The summed E-state index contributed by atoms with van der Waals surface area (Å²) in [7, 11) is 1.53. The monoisotopic (exact) mass is 354 g/mol. The Bertz CT molecular complexity index is 809. The fraction of sp³-hybridized carbons (Fsp3) is 0.368. The second kappa shape index (κ2) is 7.95. The number of likely N-dealkylation sites (tertiary alicyclic amines) is 1. The van der Waals surface area contributed by atoms with Gasteiger partial charge in [-0.15, -0.1) is 0 Å². The molecule has 1 unspecified atom stereocenters. The van der Waals surface area contributed by atoms with Crippen LogP contribution in [0.2, 0.25) is 0 Å². The van der Waals surface area contributed by atoms with Crippen molar-refractivity contribution in [1.82, 2.24) is 20.2 Å². The van der Waals surface area contributed by atoms with Gasteiger partial charge in [0.2, 0.25) is 5.91 Å². The molecule has 7 nitrogen and oxygen atoms in total. The van der Waals surface area contributed by atoms with Crippen molar-refractivity contribution in [3.05, 3.63) is 53.6 Å². The van der Waals surface area contributed by atoms with Crippen LogP contribution in [-0.4, -0.2) is 40.3 Å². The van der Waals surface area contributed by atoms with Gasteiger partial charge in [-0.2, -0.15) is 0 Å². The summed E-state index contributed by atoms with van der Waals surface area (Å²) >= 11 is 0. The van der Waals surface area contributed by atoms with Gasteiger partial charge in [-0.05, 0) is 25.0 Å². The fourth-order valence-corrected chi connectivity index (χ4v) is 3.22. The van der Waals surface area contributed by atoms with Gasteiger partial charge in [0.1, 0.15) is 5.75 Å². The lowest BCUT2D eigenvalue weighted by Crippen LogP contribution is -2.29. The van der Waals surface area contributed by atoms with Crippen molar-refractivity contribution in [2.45, 2.75) is 32.4 Å². The molecule has 2 heterocycles. The number of hydrogen-bond donors (Lipinski definition) is 1. The fourth-order valence-electron chi connectivity index (χ4n) is 3.22. The first-order chi connectivity index (χ1) is 12.6. The molecule has 1 aromatic carbocycles. The third kappa shape index (κ3) is 3.82. The van der Waals surface area contributed by atoms with Crippen LogP contribution in [0.4, 0.5) is 0 Å². The Kier molecular flexibility index (Phi) is 5.46. The zero-order valence-electron chi connectivity index (χ0n) is 14.9. The standard InChI is InChI=1S/C19H22N4O3/c1-13(24)23-9-5-7-17(23)16-12-20-10-14(22-16)11-21-19(25)15-6-3-4-8-18(15)26-2/h3-4,6,8,10,12,17H,5,7,9,11H2,1-2H3,(H,21,25). The highest BCUT2D eigenvalue weighted by Crippen LogP contribution is 2.30. The number of methoxy groups -OCH3 is 1. The number of rotatable bonds is 5. The molecule has 1 atom stereocenters. The number of ether oxygens (including phenoxy) is 1. The Labute approximate surface area is 152 Å². The number of aromatic nitrogens is 2. The minimum atomic E-state index is -0.235. The molecule has 0 aliphatic carbocycles. The normalized spacial score (nSPS) is 16.4. The molecule has 2 aromatic rings. The van der Waals surface area contributed by atoms with E-state index < -0.39 is 0 Å². The molecular weight excluding hydrogens is 332 g/mol. The van der Waals surface area contributed by atoms with Crippen molar-refractivity contribution in [3.63, 3.8) is 0 Å². The topological polar surface area (TPSA) is 84.4 Å². The van der Waals surface area contributed by atoms with Crippen molar-refractivity contribution in [2.24, 2.45) is 0 Å². The molecule has 1 saturated heterocycles. The summed E-state index contributed by atoms with van der Waals surface area (Å²) in [6, 6.07) is 7.01. The number of carbonyl (C=O) groups is 2. The summed E-state index contributed by atoms with van der Waals surface area (Å²) in [4.78, 5) is 34.8. The van der Waals surface area contributed by atoms with Crippen LogP contribution in [0.15, 0.2) is 36.7 Å². The molecular formula is C19H22N4O3. The van der Waals surface area contributed by atoms with Crippen LogP contribution in [0.1, 0.15) is 47.6 Å². The highest BCUT2D eigenvalue weighted by atomic mass is 16.5. The molecule has 2 amide bonds. The highest BCUT2D eigenvalue weighted by Gasteiger charge is 2.29. The summed E-state index contributed by atoms with van der Waals surface area (Å²) in [5.41, 5.74) is 1.89. The lowest BCUT2D eigenvalue weighted by atomic mass is 10.1. The molecule has 26 heavy (non-hydrogen) atoms. The molecule has 1 aromatic heterocycles. The van der Waals surface area contributed by atoms with Crippen LogP contribution in [0, 0.1) is 0 Å². The molecule has 0 radical (unpaired) electrons. The zero-order chi connectivity index (χ0) is 18.5. The maximum absolute atomic E-state index is 12.4. The van der Waals surface area contributed by atoms with Crippen LogP contribution < -0.4 is 10.1 Å². The predicted octanol–water partition coefficient (Wildman–Crippen LogP) is 2.10. The van der Waals surface area contributed by atoms with Crippen LogP contribution in [0.5, 0.6) is 5.75 Å². The van der Waals surface area contributed by atoms with E-state index in [9.17, 15) is 9.59 Å². The van der Waals surface area contributed by atoms with E-state index in [0.717, 1.165) is 25.1 Å². The molecule has 0 spiro atoms. The van der Waals surface area contributed by atoms with Crippen LogP contribution >= 0.6 is 0 Å². The van der Waals surface area contributed by atoms with Gasteiger partial charge in [0.05, 0.1) is 49.0 Å². The second-order valence-corrected chi connectivity index (χ2v) is 6.19. The largest absolute Gasteiger partial charge is 0.496 e. The number of amides is 2. The van der Waals surface area contributed by atoms with Crippen molar-refractivity contribution in [2.75, 3.05) is 13.7 Å². The van der Waals surface area contributed by atoms with E-state index in [2.05, 4.69) is 15.3 Å². The van der Waals surface area contributed by atoms with Gasteiger partial charge in [0, 0.05) is 13.5 Å². The van der Waals surface area contributed by atoms with E-state index in [1.165, 1.54) is 7.11 Å². The quantitative estimate of drug-likeness (QED) is 0.889. The van der Waals surface area contributed by atoms with Gasteiger partial charge in [0.15, 0.2) is 0 Å². The predicted molar refractivity (Wildman–Crippen MR) is 95.6 cm³/mol. The summed E-state index contributed by atoms with van der Waals surface area (Å²) in [6.45, 7) is 2.57. The Balaban J connectivity index is 1.69. The van der Waals surface area contributed by atoms with E-state index in [-0.39, 0.29) is 24.4 Å². The summed E-state index contributed by atoms with van der Waals surface area (Å²) in [6.07, 6.45) is 5.16. The Morgan fingerprint density at radius 3 is 2.88 bits per heavy atom. The number of nitrogens with one attached hydrogen (secondary N) is 1. The number of nitrogens with zero attached hydrogens (tertiary/aromatic N) is 3. The van der Waals surface area contributed by atoms with Crippen LogP contribution in [-0.2, 0) is 11.3 Å². The maximum atomic E-state index is 12.4. The van der Waals surface area contributed by atoms with Crippen LogP contribution in [0.3, 0.4) is 0 Å². The molecule has 136 valence electrons. The third-order valence-corrected chi connectivity index (χ3v) is 4.48. The van der Waals surface area contributed by atoms with Gasteiger partial charge >= 0.3 is 0 Å². The van der Waals surface area contributed by atoms with E-state index in [1.54, 1.807) is 37.5 Å². The lowest BCUT2D eigenvalue weighted by molar-refractivity contribution is -0.129. The first-order valence-electron chi connectivity index (χ1n) is 8.59. The average Bonchev–Trinajstić information content (AvgIpc) is 3.16. The Morgan fingerprint density at radius 2 is 2.12 bits per heavy atom. The minimum absolute atomic E-state index is 0.0372. The van der Waals surface area contributed by atoms with Gasteiger partial charge in [-0.25, -0.2) is 0 Å². The maximum Gasteiger partial charge on any atom is 0.255 e. The van der Waals surface area contributed by atoms with Crippen LogP contribution in [0.25, 0.3) is 0 Å². The van der Waals surface area contributed by atoms with Gasteiger partial charge in [-0.1, -0.05) is 12.1 Å².